The summed E-state index contributed by atoms with van der Waals surface area (Å²) >= 11 is 0. The normalized spacial score (nSPS) is 17.2. The number of hydrogen-bond acceptors (Lipinski definition) is 6. The van der Waals surface area contributed by atoms with Crippen molar-refractivity contribution in [3.05, 3.63) is 42.2 Å². The van der Waals surface area contributed by atoms with Crippen LogP contribution in [0, 0.1) is 5.92 Å². The third-order valence-corrected chi connectivity index (χ3v) is 4.58. The van der Waals surface area contributed by atoms with Crippen LogP contribution in [0.2, 0.25) is 0 Å². The highest BCUT2D eigenvalue weighted by Crippen LogP contribution is 2.28. The molecule has 0 radical (unpaired) electrons. The number of nitrogens with zero attached hydrogens (tertiary/aromatic N) is 5. The van der Waals surface area contributed by atoms with Crippen LogP contribution in [-0.2, 0) is 13.5 Å². The molecule has 130 valence electrons. The Balaban J connectivity index is 1.44. The smallest absolute Gasteiger partial charge is 0.324 e. The molecule has 7 nitrogen and oxygen atoms in total. The first-order valence-corrected chi connectivity index (χ1v) is 8.42. The van der Waals surface area contributed by atoms with E-state index in [-0.39, 0.29) is 0 Å². The van der Waals surface area contributed by atoms with E-state index in [1.807, 2.05) is 42.2 Å². The number of methoxy groups -OCH3 is 1. The van der Waals surface area contributed by atoms with Gasteiger partial charge in [0.05, 0.1) is 13.3 Å². The van der Waals surface area contributed by atoms with Gasteiger partial charge in [-0.05, 0) is 36.5 Å². The van der Waals surface area contributed by atoms with Crippen LogP contribution in [0.5, 0.6) is 5.75 Å². The van der Waals surface area contributed by atoms with Crippen LogP contribution >= 0.6 is 0 Å². The molecule has 0 bridgehead atoms. The molecule has 0 aliphatic carbocycles. The second-order valence-electron chi connectivity index (χ2n) is 6.46. The van der Waals surface area contributed by atoms with Gasteiger partial charge in [0.1, 0.15) is 5.75 Å². The van der Waals surface area contributed by atoms with Crippen LogP contribution in [-0.4, -0.2) is 40.1 Å². The topological polar surface area (TPSA) is 69.2 Å². The highest BCUT2D eigenvalue weighted by molar-refractivity contribution is 5.58. The lowest BCUT2D eigenvalue weighted by molar-refractivity contribution is 0.414. The molecule has 4 rings (SSSR count). The lowest BCUT2D eigenvalue weighted by Gasteiger charge is -2.12. The highest BCUT2D eigenvalue weighted by atomic mass is 16.5. The Morgan fingerprint density at radius 2 is 2.28 bits per heavy atom. The fraction of sp³-hybridized carbons (Fsp3) is 0.389. The fourth-order valence-electron chi connectivity index (χ4n) is 3.31. The lowest BCUT2D eigenvalue weighted by atomic mass is 10.0. The van der Waals surface area contributed by atoms with E-state index in [1.54, 1.807) is 7.11 Å². The maximum Gasteiger partial charge on any atom is 0.324 e. The minimum Gasteiger partial charge on any atom is -0.497 e. The van der Waals surface area contributed by atoms with Gasteiger partial charge in [0, 0.05) is 31.9 Å². The molecular formula is C18H21N5O2. The first-order chi connectivity index (χ1) is 12.2. The summed E-state index contributed by atoms with van der Waals surface area (Å²) in [4.78, 5) is 6.72. The summed E-state index contributed by atoms with van der Waals surface area (Å²) in [7, 11) is 3.59. The van der Waals surface area contributed by atoms with Crippen molar-refractivity contribution in [3.63, 3.8) is 0 Å². The van der Waals surface area contributed by atoms with Crippen LogP contribution in [0.15, 0.2) is 41.2 Å². The second-order valence-corrected chi connectivity index (χ2v) is 6.46. The number of aromatic nitrogens is 4. The number of aryl methyl sites for hydroxylation is 1. The molecule has 1 unspecified atom stereocenters. The predicted octanol–water partition coefficient (Wildman–Crippen LogP) is 2.55. The van der Waals surface area contributed by atoms with Gasteiger partial charge in [-0.1, -0.05) is 17.3 Å². The van der Waals surface area contributed by atoms with Crippen molar-refractivity contribution >= 4 is 6.01 Å². The van der Waals surface area contributed by atoms with Crippen molar-refractivity contribution in [1.82, 2.24) is 19.9 Å². The quantitative estimate of drug-likeness (QED) is 0.711. The first-order valence-electron chi connectivity index (χ1n) is 8.42. The fourth-order valence-corrected chi connectivity index (χ4v) is 3.31. The van der Waals surface area contributed by atoms with Crippen molar-refractivity contribution in [2.24, 2.45) is 13.0 Å². The number of benzene rings is 1. The minimum atomic E-state index is 0.580. The van der Waals surface area contributed by atoms with E-state index in [0.29, 0.717) is 17.8 Å². The van der Waals surface area contributed by atoms with E-state index < -0.39 is 0 Å². The predicted molar refractivity (Wildman–Crippen MR) is 93.5 cm³/mol. The van der Waals surface area contributed by atoms with Crippen molar-refractivity contribution in [2.75, 3.05) is 25.1 Å². The average molecular weight is 339 g/mol. The molecule has 1 atom stereocenters. The zero-order chi connectivity index (χ0) is 17.2. The third-order valence-electron chi connectivity index (χ3n) is 4.58. The molecule has 3 heterocycles. The van der Waals surface area contributed by atoms with Crippen molar-refractivity contribution < 1.29 is 9.26 Å². The zero-order valence-electron chi connectivity index (χ0n) is 14.4. The molecule has 7 heteroatoms. The maximum absolute atomic E-state index is 5.49. The van der Waals surface area contributed by atoms with E-state index in [9.17, 15) is 0 Å². The van der Waals surface area contributed by atoms with Crippen LogP contribution < -0.4 is 9.64 Å². The molecule has 0 saturated carbocycles. The Labute approximate surface area is 146 Å². The SMILES string of the molecule is COc1cccc(-c2noc(N3CCC(Cc4cnn(C)c4)C3)n2)c1. The van der Waals surface area contributed by atoms with Gasteiger partial charge in [-0.3, -0.25) is 4.68 Å². The van der Waals surface area contributed by atoms with E-state index >= 15 is 0 Å². The van der Waals surface area contributed by atoms with Crippen molar-refractivity contribution in [3.8, 4) is 17.1 Å². The minimum absolute atomic E-state index is 0.580. The van der Waals surface area contributed by atoms with Gasteiger partial charge >= 0.3 is 6.01 Å². The van der Waals surface area contributed by atoms with E-state index in [2.05, 4.69) is 26.3 Å². The lowest BCUT2D eigenvalue weighted by Crippen LogP contribution is -2.20. The Bertz CT molecular complexity index is 857. The molecular weight excluding hydrogens is 318 g/mol. The van der Waals surface area contributed by atoms with Gasteiger partial charge in [-0.25, -0.2) is 0 Å². The van der Waals surface area contributed by atoms with E-state index in [0.717, 1.165) is 37.2 Å². The molecule has 1 aliphatic heterocycles. The molecule has 0 N–H and O–H groups in total. The number of hydrogen-bond donors (Lipinski definition) is 0. The summed E-state index contributed by atoms with van der Waals surface area (Å²) in [5, 5.41) is 8.36. The van der Waals surface area contributed by atoms with Crippen LogP contribution in [0.4, 0.5) is 6.01 Å². The molecule has 1 saturated heterocycles. The average Bonchev–Trinajstić information content (AvgIpc) is 3.36. The third kappa shape index (κ3) is 3.35. The van der Waals surface area contributed by atoms with Gasteiger partial charge in [-0.2, -0.15) is 10.1 Å². The summed E-state index contributed by atoms with van der Waals surface area (Å²) in [5.74, 6) is 1.95. The van der Waals surface area contributed by atoms with Gasteiger partial charge in [0.15, 0.2) is 0 Å². The van der Waals surface area contributed by atoms with E-state index in [4.69, 9.17) is 9.26 Å². The summed E-state index contributed by atoms with van der Waals surface area (Å²) in [5.41, 5.74) is 2.16. The first kappa shape index (κ1) is 15.7. The summed E-state index contributed by atoms with van der Waals surface area (Å²) < 4.78 is 12.6. The highest BCUT2D eigenvalue weighted by Gasteiger charge is 2.27. The molecule has 0 spiro atoms. The molecule has 2 aromatic heterocycles. The zero-order valence-corrected chi connectivity index (χ0v) is 14.4. The molecule has 1 aromatic carbocycles. The molecule has 25 heavy (non-hydrogen) atoms. The van der Waals surface area contributed by atoms with Gasteiger partial charge in [-0.15, -0.1) is 0 Å². The Kier molecular flexibility index (Phi) is 4.13. The van der Waals surface area contributed by atoms with E-state index in [1.165, 1.54) is 5.56 Å². The number of anilines is 1. The monoisotopic (exact) mass is 339 g/mol. The van der Waals surface area contributed by atoms with Crippen molar-refractivity contribution in [1.29, 1.82) is 0 Å². The van der Waals surface area contributed by atoms with Gasteiger partial charge in [0.25, 0.3) is 0 Å². The summed E-state index contributed by atoms with van der Waals surface area (Å²) in [6.07, 6.45) is 6.17. The molecule has 0 amide bonds. The molecule has 1 aliphatic rings. The standard InChI is InChI=1S/C18H21N5O2/c1-22-11-14(10-19-22)8-13-6-7-23(12-13)18-20-17(21-25-18)15-4-3-5-16(9-15)24-2/h3-5,9-11,13H,6-8,12H2,1-2H3. The summed E-state index contributed by atoms with van der Waals surface area (Å²) in [6.45, 7) is 1.86. The van der Waals surface area contributed by atoms with Gasteiger partial charge < -0.3 is 14.2 Å². The Morgan fingerprint density at radius 3 is 3.08 bits per heavy atom. The van der Waals surface area contributed by atoms with Crippen LogP contribution in [0.25, 0.3) is 11.4 Å². The second kappa shape index (κ2) is 6.58. The van der Waals surface area contributed by atoms with Crippen LogP contribution in [0.1, 0.15) is 12.0 Å². The van der Waals surface area contributed by atoms with Crippen LogP contribution in [0.3, 0.4) is 0 Å². The molecule has 3 aromatic rings. The number of rotatable bonds is 5. The van der Waals surface area contributed by atoms with Crippen molar-refractivity contribution in [2.45, 2.75) is 12.8 Å². The Morgan fingerprint density at radius 1 is 1.36 bits per heavy atom. The summed E-state index contributed by atoms with van der Waals surface area (Å²) in [6, 6.07) is 8.26. The largest absolute Gasteiger partial charge is 0.497 e. The Hall–Kier alpha value is -2.83. The maximum atomic E-state index is 5.49. The molecule has 1 fully saturated rings. The van der Waals surface area contributed by atoms with Gasteiger partial charge in [0.2, 0.25) is 5.82 Å². The number of ether oxygens (including phenoxy) is 1.